The van der Waals surface area contributed by atoms with Crippen molar-refractivity contribution >= 4 is 0 Å². The van der Waals surface area contributed by atoms with Crippen LogP contribution < -0.4 is 5.73 Å². The number of aromatic nitrogens is 2. The van der Waals surface area contributed by atoms with Crippen LogP contribution in [0.3, 0.4) is 0 Å². The van der Waals surface area contributed by atoms with Gasteiger partial charge >= 0.3 is 0 Å². The second kappa shape index (κ2) is 5.57. The van der Waals surface area contributed by atoms with Gasteiger partial charge in [0.15, 0.2) is 0 Å². The molecule has 1 aromatic heterocycles. The van der Waals surface area contributed by atoms with Crippen LogP contribution in [0, 0.1) is 0 Å². The molecule has 2 unspecified atom stereocenters. The Morgan fingerprint density at radius 3 is 3.12 bits per heavy atom. The first-order valence-electron chi connectivity index (χ1n) is 6.07. The predicted octanol–water partition coefficient (Wildman–Crippen LogP) is 0.353. The molecule has 6 heteroatoms. The first-order chi connectivity index (χ1) is 8.19. The second-order valence-corrected chi connectivity index (χ2v) is 4.54. The average Bonchev–Trinajstić information content (AvgIpc) is 2.77. The quantitative estimate of drug-likeness (QED) is 0.818. The molecule has 1 aliphatic rings. The molecule has 0 amide bonds. The fourth-order valence-corrected chi connectivity index (χ4v) is 1.78. The van der Waals surface area contributed by atoms with Crippen LogP contribution in [0.15, 0.2) is 4.52 Å². The molecule has 1 saturated heterocycles. The fourth-order valence-electron chi connectivity index (χ4n) is 1.78. The molecular formula is C11H20N4O2. The Morgan fingerprint density at radius 1 is 1.59 bits per heavy atom. The highest BCUT2D eigenvalue weighted by molar-refractivity contribution is 4.95. The van der Waals surface area contributed by atoms with Gasteiger partial charge in [-0.25, -0.2) is 0 Å². The minimum atomic E-state index is -0.0795. The molecule has 0 bridgehead atoms. The van der Waals surface area contributed by atoms with Crippen molar-refractivity contribution in [1.82, 2.24) is 15.0 Å². The monoisotopic (exact) mass is 240 g/mol. The number of nitrogens with two attached hydrogens (primary N) is 1. The van der Waals surface area contributed by atoms with E-state index in [0.717, 1.165) is 19.5 Å². The summed E-state index contributed by atoms with van der Waals surface area (Å²) in [4.78, 5) is 6.54. The Morgan fingerprint density at radius 2 is 2.41 bits per heavy atom. The molecule has 1 fully saturated rings. The summed E-state index contributed by atoms with van der Waals surface area (Å²) in [6, 6.07) is 0.0817. The van der Waals surface area contributed by atoms with Gasteiger partial charge in [0.05, 0.1) is 6.61 Å². The van der Waals surface area contributed by atoms with Crippen molar-refractivity contribution in [2.75, 3.05) is 26.7 Å². The minimum absolute atomic E-state index is 0.0795. The molecule has 6 nitrogen and oxygen atoms in total. The molecule has 0 aromatic carbocycles. The van der Waals surface area contributed by atoms with E-state index in [1.807, 2.05) is 6.92 Å². The van der Waals surface area contributed by atoms with Gasteiger partial charge in [0, 0.05) is 25.6 Å². The third kappa shape index (κ3) is 3.24. The van der Waals surface area contributed by atoms with Gasteiger partial charge in [0.2, 0.25) is 11.7 Å². The summed E-state index contributed by atoms with van der Waals surface area (Å²) < 4.78 is 10.8. The van der Waals surface area contributed by atoms with Gasteiger partial charge in [0.25, 0.3) is 0 Å². The lowest BCUT2D eigenvalue weighted by Gasteiger charge is -2.27. The molecule has 1 aromatic rings. The number of morpholine rings is 1. The summed E-state index contributed by atoms with van der Waals surface area (Å²) in [7, 11) is 2.06. The van der Waals surface area contributed by atoms with Crippen molar-refractivity contribution in [3.05, 3.63) is 11.7 Å². The normalized spacial score (nSPS) is 23.8. The molecule has 0 saturated carbocycles. The first kappa shape index (κ1) is 12.5. The molecule has 1 aliphatic heterocycles. The molecule has 2 heterocycles. The highest BCUT2D eigenvalue weighted by Gasteiger charge is 2.24. The molecule has 96 valence electrons. The van der Waals surface area contributed by atoms with Crippen molar-refractivity contribution in [3.63, 3.8) is 0 Å². The van der Waals surface area contributed by atoms with Gasteiger partial charge in [0.1, 0.15) is 6.10 Å². The van der Waals surface area contributed by atoms with E-state index in [2.05, 4.69) is 22.1 Å². The molecule has 0 radical (unpaired) electrons. The maximum atomic E-state index is 5.85. The smallest absolute Gasteiger partial charge is 0.228 e. The van der Waals surface area contributed by atoms with E-state index in [-0.39, 0.29) is 12.1 Å². The zero-order valence-electron chi connectivity index (χ0n) is 10.4. The van der Waals surface area contributed by atoms with E-state index in [1.165, 1.54) is 0 Å². The molecule has 0 aliphatic carbocycles. The standard InChI is InChI=1S/C11H20N4O2/c1-3-8(12)6-10-13-11(14-17-10)9-7-15(2)4-5-16-9/h8-9H,3-7,12H2,1-2H3. The average molecular weight is 240 g/mol. The number of likely N-dealkylation sites (N-methyl/N-ethyl adjacent to an activating group) is 1. The topological polar surface area (TPSA) is 77.4 Å². The number of nitrogens with zero attached hydrogens (tertiary/aromatic N) is 3. The predicted molar refractivity (Wildman–Crippen MR) is 62.5 cm³/mol. The Hall–Kier alpha value is -0.980. The van der Waals surface area contributed by atoms with Gasteiger partial charge in [-0.15, -0.1) is 0 Å². The van der Waals surface area contributed by atoms with Crippen molar-refractivity contribution in [2.45, 2.75) is 31.9 Å². The van der Waals surface area contributed by atoms with Gasteiger partial charge in [-0.05, 0) is 13.5 Å². The first-order valence-corrected chi connectivity index (χ1v) is 6.07. The van der Waals surface area contributed by atoms with Crippen molar-refractivity contribution in [3.8, 4) is 0 Å². The van der Waals surface area contributed by atoms with Gasteiger partial charge < -0.3 is 19.9 Å². The maximum absolute atomic E-state index is 5.85. The molecular weight excluding hydrogens is 220 g/mol. The molecule has 2 rings (SSSR count). The SMILES string of the molecule is CCC(N)Cc1nc(C2CN(C)CCO2)no1. The van der Waals surface area contributed by atoms with Crippen LogP contribution in [0.2, 0.25) is 0 Å². The Bertz CT molecular complexity index is 355. The van der Waals surface area contributed by atoms with E-state index in [9.17, 15) is 0 Å². The lowest BCUT2D eigenvalue weighted by Crippen LogP contribution is -2.35. The third-order valence-corrected chi connectivity index (χ3v) is 3.00. The molecule has 2 atom stereocenters. The summed E-state index contributed by atoms with van der Waals surface area (Å²) in [6.45, 7) is 4.50. The zero-order chi connectivity index (χ0) is 12.3. The Balaban J connectivity index is 1.97. The van der Waals surface area contributed by atoms with E-state index in [0.29, 0.717) is 24.7 Å². The van der Waals surface area contributed by atoms with Crippen LogP contribution in [-0.4, -0.2) is 47.8 Å². The summed E-state index contributed by atoms with van der Waals surface area (Å²) in [6.07, 6.45) is 1.45. The van der Waals surface area contributed by atoms with Crippen LogP contribution in [0.25, 0.3) is 0 Å². The number of hydrogen-bond acceptors (Lipinski definition) is 6. The molecule has 0 spiro atoms. The second-order valence-electron chi connectivity index (χ2n) is 4.54. The summed E-state index contributed by atoms with van der Waals surface area (Å²) in [5.41, 5.74) is 5.85. The van der Waals surface area contributed by atoms with E-state index < -0.39 is 0 Å². The summed E-state index contributed by atoms with van der Waals surface area (Å²) >= 11 is 0. The van der Waals surface area contributed by atoms with E-state index in [1.54, 1.807) is 0 Å². The Kier molecular flexibility index (Phi) is 4.09. The minimum Gasteiger partial charge on any atom is -0.367 e. The van der Waals surface area contributed by atoms with Crippen LogP contribution in [0.5, 0.6) is 0 Å². The van der Waals surface area contributed by atoms with E-state index in [4.69, 9.17) is 15.0 Å². The number of hydrogen-bond donors (Lipinski definition) is 1. The van der Waals surface area contributed by atoms with E-state index >= 15 is 0 Å². The highest BCUT2D eigenvalue weighted by atomic mass is 16.5. The van der Waals surface area contributed by atoms with Crippen LogP contribution in [0.4, 0.5) is 0 Å². The van der Waals surface area contributed by atoms with Crippen LogP contribution >= 0.6 is 0 Å². The Labute approximate surface area is 101 Å². The summed E-state index contributed by atoms with van der Waals surface area (Å²) in [5.74, 6) is 1.24. The van der Waals surface area contributed by atoms with Crippen molar-refractivity contribution in [1.29, 1.82) is 0 Å². The van der Waals surface area contributed by atoms with Crippen molar-refractivity contribution in [2.24, 2.45) is 5.73 Å². The lowest BCUT2D eigenvalue weighted by atomic mass is 10.2. The number of ether oxygens (including phenoxy) is 1. The fraction of sp³-hybridized carbons (Fsp3) is 0.818. The van der Waals surface area contributed by atoms with Gasteiger partial charge in [-0.3, -0.25) is 0 Å². The van der Waals surface area contributed by atoms with Gasteiger partial charge in [-0.1, -0.05) is 12.1 Å². The van der Waals surface area contributed by atoms with Crippen molar-refractivity contribution < 1.29 is 9.26 Å². The largest absolute Gasteiger partial charge is 0.367 e. The maximum Gasteiger partial charge on any atom is 0.228 e. The van der Waals surface area contributed by atoms with Crippen LogP contribution in [-0.2, 0) is 11.2 Å². The van der Waals surface area contributed by atoms with Gasteiger partial charge in [-0.2, -0.15) is 4.98 Å². The number of rotatable bonds is 4. The lowest BCUT2D eigenvalue weighted by molar-refractivity contribution is -0.0264. The van der Waals surface area contributed by atoms with Crippen LogP contribution in [0.1, 0.15) is 31.2 Å². The third-order valence-electron chi connectivity index (χ3n) is 3.00. The summed E-state index contributed by atoms with van der Waals surface area (Å²) in [5, 5.41) is 3.97. The zero-order valence-corrected chi connectivity index (χ0v) is 10.4. The highest BCUT2D eigenvalue weighted by Crippen LogP contribution is 2.18. The molecule has 17 heavy (non-hydrogen) atoms. The molecule has 2 N–H and O–H groups in total.